The lowest BCUT2D eigenvalue weighted by molar-refractivity contribution is 0.0697. The molecule has 0 fully saturated rings. The molecule has 0 aromatic heterocycles. The predicted octanol–water partition coefficient (Wildman–Crippen LogP) is 2.80. The molecule has 0 bridgehead atoms. The zero-order valence-electron chi connectivity index (χ0n) is 17.3. The Hall–Kier alpha value is -4.22. The van der Waals surface area contributed by atoms with Gasteiger partial charge in [-0.3, -0.25) is 14.8 Å². The molecule has 10 nitrogen and oxygen atoms in total. The van der Waals surface area contributed by atoms with Gasteiger partial charge in [-0.05, 0) is 59.7 Å². The van der Waals surface area contributed by atoms with Crippen LogP contribution in [0.1, 0.15) is 26.3 Å². The maximum absolute atomic E-state index is 12.8. The Morgan fingerprint density at radius 2 is 1.48 bits per heavy atom. The van der Waals surface area contributed by atoms with E-state index in [9.17, 15) is 28.2 Å². The average Bonchev–Trinajstić information content (AvgIpc) is 2.73. The Balaban J connectivity index is 0.000000696. The van der Waals surface area contributed by atoms with Crippen molar-refractivity contribution in [2.24, 2.45) is 5.73 Å². The predicted molar refractivity (Wildman–Crippen MR) is 123 cm³/mol. The van der Waals surface area contributed by atoms with E-state index >= 15 is 0 Å². The number of nitrogen functional groups attached to an aromatic ring is 1. The van der Waals surface area contributed by atoms with Crippen LogP contribution in [0.3, 0.4) is 0 Å². The van der Waals surface area contributed by atoms with Crippen LogP contribution < -0.4 is 11.1 Å². The van der Waals surface area contributed by atoms with Gasteiger partial charge >= 0.3 is 5.97 Å². The van der Waals surface area contributed by atoms with Crippen LogP contribution in [0.15, 0.2) is 66.7 Å². The number of amidine groups is 1. The van der Waals surface area contributed by atoms with Gasteiger partial charge in [-0.25, -0.2) is 4.79 Å². The molecule has 0 saturated carbocycles. The number of hydrogen-bond acceptors (Lipinski definition) is 6. The fourth-order valence-electron chi connectivity index (χ4n) is 2.79. The summed E-state index contributed by atoms with van der Waals surface area (Å²) in [5.41, 5.74) is 7.39. The number of carboxylic acids is 1. The third-order valence-electron chi connectivity index (χ3n) is 4.15. The van der Waals surface area contributed by atoms with E-state index < -0.39 is 22.0 Å². The summed E-state index contributed by atoms with van der Waals surface area (Å²) in [6.45, 7) is 0. The van der Waals surface area contributed by atoms with Crippen molar-refractivity contribution in [1.29, 1.82) is 5.41 Å². The van der Waals surface area contributed by atoms with Gasteiger partial charge in [0.25, 0.3) is 16.0 Å². The number of aromatic hydroxyl groups is 1. The number of nitrogens with two attached hydrogens (primary N) is 1. The number of aromatic carboxylic acids is 1. The highest BCUT2D eigenvalue weighted by Crippen LogP contribution is 2.30. The highest BCUT2D eigenvalue weighted by Gasteiger charge is 2.18. The lowest BCUT2D eigenvalue weighted by Gasteiger charge is -2.13. The number of phenols is 1. The number of nitrogens with one attached hydrogen (secondary N) is 2. The molecule has 3 aromatic rings. The SMILES string of the molecule is CS(=O)(=O)O.N=C(N)c1ccc(NC(=O)c2ccccc2-c2ccc(O)cc2C(=O)O)cc1. The molecule has 0 atom stereocenters. The molecule has 11 heteroatoms. The van der Waals surface area contributed by atoms with Gasteiger partial charge in [-0.2, -0.15) is 8.42 Å². The van der Waals surface area contributed by atoms with Crippen molar-refractivity contribution in [2.75, 3.05) is 11.6 Å². The van der Waals surface area contributed by atoms with Gasteiger partial charge < -0.3 is 21.3 Å². The summed E-state index contributed by atoms with van der Waals surface area (Å²) in [6, 6.07) is 17.1. The summed E-state index contributed by atoms with van der Waals surface area (Å²) in [5, 5.41) is 29.2. The Labute approximate surface area is 189 Å². The van der Waals surface area contributed by atoms with Crippen molar-refractivity contribution in [1.82, 2.24) is 0 Å². The van der Waals surface area contributed by atoms with E-state index in [1.54, 1.807) is 48.5 Å². The summed E-state index contributed by atoms with van der Waals surface area (Å²) >= 11 is 0. The first-order valence-electron chi connectivity index (χ1n) is 9.21. The first-order chi connectivity index (χ1) is 15.4. The number of anilines is 1. The maximum atomic E-state index is 12.8. The van der Waals surface area contributed by atoms with Gasteiger partial charge in [0.1, 0.15) is 11.6 Å². The molecular weight excluding hydrogens is 450 g/mol. The molecule has 3 aromatic carbocycles. The minimum Gasteiger partial charge on any atom is -0.508 e. The second-order valence-electron chi connectivity index (χ2n) is 6.76. The van der Waals surface area contributed by atoms with Crippen molar-refractivity contribution < 1.29 is 32.8 Å². The van der Waals surface area contributed by atoms with E-state index in [-0.39, 0.29) is 22.7 Å². The molecule has 0 aliphatic heterocycles. The van der Waals surface area contributed by atoms with Gasteiger partial charge in [0.15, 0.2) is 0 Å². The van der Waals surface area contributed by atoms with E-state index in [2.05, 4.69) is 5.32 Å². The molecule has 0 aliphatic rings. The third kappa shape index (κ3) is 7.45. The molecule has 33 heavy (non-hydrogen) atoms. The van der Waals surface area contributed by atoms with E-state index in [1.165, 1.54) is 12.1 Å². The van der Waals surface area contributed by atoms with Crippen LogP contribution in [-0.2, 0) is 10.1 Å². The second-order valence-corrected chi connectivity index (χ2v) is 8.22. The molecule has 0 radical (unpaired) electrons. The minimum atomic E-state index is -3.67. The van der Waals surface area contributed by atoms with Crippen molar-refractivity contribution in [3.63, 3.8) is 0 Å². The fourth-order valence-corrected chi connectivity index (χ4v) is 2.79. The molecule has 1 amide bonds. The number of benzene rings is 3. The van der Waals surface area contributed by atoms with Crippen LogP contribution in [0.2, 0.25) is 0 Å². The molecule has 0 saturated heterocycles. The number of phenolic OH excluding ortho intramolecular Hbond substituents is 1. The van der Waals surface area contributed by atoms with Gasteiger partial charge in [0, 0.05) is 16.8 Å². The molecule has 0 heterocycles. The van der Waals surface area contributed by atoms with E-state index in [1.807, 2.05) is 0 Å². The molecule has 172 valence electrons. The third-order valence-corrected chi connectivity index (χ3v) is 4.15. The standard InChI is InChI=1S/C21H17N3O4.CH4O3S/c22-19(23)12-5-7-13(8-6-12)24-20(26)17-4-2-1-3-15(17)16-10-9-14(25)11-18(16)21(27)28;1-5(2,3)4/h1-11,25H,(H3,22,23)(H,24,26)(H,27,28);1H3,(H,2,3,4). The van der Waals surface area contributed by atoms with Gasteiger partial charge in [-0.15, -0.1) is 0 Å². The number of carbonyl (C=O) groups is 2. The topological polar surface area (TPSA) is 191 Å². The molecule has 3 rings (SSSR count). The van der Waals surface area contributed by atoms with Crippen molar-refractivity contribution in [2.45, 2.75) is 0 Å². The molecule has 0 unspecified atom stereocenters. The van der Waals surface area contributed by atoms with Crippen LogP contribution in [-0.4, -0.2) is 47.2 Å². The van der Waals surface area contributed by atoms with Crippen LogP contribution >= 0.6 is 0 Å². The maximum Gasteiger partial charge on any atom is 0.336 e. The normalized spacial score (nSPS) is 10.5. The summed E-state index contributed by atoms with van der Waals surface area (Å²) in [5.74, 6) is -1.87. The monoisotopic (exact) mass is 471 g/mol. The number of hydrogen-bond donors (Lipinski definition) is 6. The smallest absolute Gasteiger partial charge is 0.336 e. The largest absolute Gasteiger partial charge is 0.508 e. The quantitative estimate of drug-likeness (QED) is 0.186. The summed E-state index contributed by atoms with van der Waals surface area (Å²) in [7, 11) is -3.67. The van der Waals surface area contributed by atoms with Crippen LogP contribution in [0.25, 0.3) is 11.1 Å². The van der Waals surface area contributed by atoms with E-state index in [0.717, 1.165) is 6.07 Å². The summed E-state index contributed by atoms with van der Waals surface area (Å²) in [6.07, 6.45) is 0.715. The van der Waals surface area contributed by atoms with Crippen molar-refractivity contribution in [3.8, 4) is 16.9 Å². The molecule has 0 aliphatic carbocycles. The van der Waals surface area contributed by atoms with Crippen LogP contribution in [0.4, 0.5) is 5.69 Å². The lowest BCUT2D eigenvalue weighted by atomic mass is 9.94. The Bertz CT molecular complexity index is 1300. The fraction of sp³-hybridized carbons (Fsp3) is 0.0455. The molecular formula is C22H21N3O7S. The Kier molecular flexibility index (Phi) is 7.89. The van der Waals surface area contributed by atoms with Gasteiger partial charge in [0.2, 0.25) is 0 Å². The summed E-state index contributed by atoms with van der Waals surface area (Å²) in [4.78, 5) is 24.4. The summed E-state index contributed by atoms with van der Waals surface area (Å²) < 4.78 is 25.9. The van der Waals surface area contributed by atoms with E-state index in [4.69, 9.17) is 15.7 Å². The van der Waals surface area contributed by atoms with Crippen molar-refractivity contribution in [3.05, 3.63) is 83.4 Å². The second kappa shape index (κ2) is 10.4. The van der Waals surface area contributed by atoms with Gasteiger partial charge in [0.05, 0.1) is 11.8 Å². The zero-order chi connectivity index (χ0) is 24.8. The number of amides is 1. The van der Waals surface area contributed by atoms with Gasteiger partial charge in [-0.1, -0.05) is 18.2 Å². The van der Waals surface area contributed by atoms with Crippen LogP contribution in [0, 0.1) is 5.41 Å². The average molecular weight is 471 g/mol. The minimum absolute atomic E-state index is 0.0725. The van der Waals surface area contributed by atoms with Crippen molar-refractivity contribution >= 4 is 33.5 Å². The first kappa shape index (κ1) is 25.0. The van der Waals surface area contributed by atoms with Crippen LogP contribution in [0.5, 0.6) is 5.75 Å². The molecule has 7 N–H and O–H groups in total. The number of carboxylic acid groups (broad SMARTS) is 1. The highest BCUT2D eigenvalue weighted by atomic mass is 32.2. The zero-order valence-corrected chi connectivity index (χ0v) is 18.1. The van der Waals surface area contributed by atoms with E-state index in [0.29, 0.717) is 28.6 Å². The molecule has 0 spiro atoms. The number of carbonyl (C=O) groups excluding carboxylic acids is 1. The lowest BCUT2D eigenvalue weighted by Crippen LogP contribution is -2.14. The Morgan fingerprint density at radius 1 is 0.939 bits per heavy atom. The first-order valence-corrected chi connectivity index (χ1v) is 11.1. The Morgan fingerprint density at radius 3 is 2.03 bits per heavy atom. The number of rotatable bonds is 5. The highest BCUT2D eigenvalue weighted by molar-refractivity contribution is 7.85.